The number of fused-ring (bicyclic) bond motifs is 2. The number of rotatable bonds is 3. The van der Waals surface area contributed by atoms with Crippen LogP contribution in [0.1, 0.15) is 52.9 Å². The van der Waals surface area contributed by atoms with Crippen LogP contribution in [0, 0.1) is 29.6 Å². The van der Waals surface area contributed by atoms with Crippen molar-refractivity contribution >= 4 is 0 Å². The Morgan fingerprint density at radius 1 is 1.05 bits per heavy atom. The Hall–Kier alpha value is -0.120. The van der Waals surface area contributed by atoms with Crippen LogP contribution in [0.3, 0.4) is 0 Å². The van der Waals surface area contributed by atoms with Crippen LogP contribution in [0.15, 0.2) is 0 Å². The second-order valence-electron chi connectivity index (χ2n) is 6.75. The molecule has 3 aliphatic rings. The highest BCUT2D eigenvalue weighted by molar-refractivity contribution is 4.99. The summed E-state index contributed by atoms with van der Waals surface area (Å²) in [5, 5.41) is 0. The molecule has 0 aromatic rings. The van der Waals surface area contributed by atoms with E-state index in [4.69, 9.17) is 14.2 Å². The molecule has 3 nitrogen and oxygen atoms in total. The monoisotopic (exact) mass is 298 g/mol. The lowest BCUT2D eigenvalue weighted by atomic mass is 9.57. The second-order valence-corrected chi connectivity index (χ2v) is 6.75. The molecule has 0 bridgehead atoms. The van der Waals surface area contributed by atoms with Crippen LogP contribution in [0.5, 0.6) is 0 Å². The highest BCUT2D eigenvalue weighted by Gasteiger charge is 2.54. The maximum Gasteiger partial charge on any atom is 0.160 e. The van der Waals surface area contributed by atoms with Crippen LogP contribution in [0.2, 0.25) is 0 Å². The van der Waals surface area contributed by atoms with Gasteiger partial charge in [0.15, 0.2) is 6.29 Å². The van der Waals surface area contributed by atoms with Crippen LogP contribution in [-0.2, 0) is 14.2 Å². The van der Waals surface area contributed by atoms with E-state index in [-0.39, 0.29) is 6.29 Å². The Bertz CT molecular complexity index is 307. The third kappa shape index (κ3) is 3.30. The van der Waals surface area contributed by atoms with E-state index in [2.05, 4.69) is 6.92 Å². The van der Waals surface area contributed by atoms with Gasteiger partial charge in [0, 0.05) is 26.7 Å². The van der Waals surface area contributed by atoms with Crippen molar-refractivity contribution in [2.75, 3.05) is 20.8 Å². The quantitative estimate of drug-likeness (QED) is 0.785. The summed E-state index contributed by atoms with van der Waals surface area (Å²) in [6.07, 6.45) is 7.25. The number of methoxy groups -OCH3 is 2. The highest BCUT2D eigenvalue weighted by atomic mass is 16.7. The first-order chi connectivity index (χ1) is 10.3. The smallest absolute Gasteiger partial charge is 0.160 e. The second kappa shape index (κ2) is 7.94. The van der Waals surface area contributed by atoms with Crippen molar-refractivity contribution in [2.24, 2.45) is 29.6 Å². The standard InChI is InChI=1S/C16H28O3.C2H6/c1-10-15-13(16(18-3)19-10)8-11-6-4-5-7-12(11)14(15)9-17-2;1-2/h10-16H,4-9H2,1-3H3;1-2H3. The number of ether oxygens (including phenoxy) is 3. The summed E-state index contributed by atoms with van der Waals surface area (Å²) in [4.78, 5) is 0. The summed E-state index contributed by atoms with van der Waals surface area (Å²) in [5.41, 5.74) is 0. The van der Waals surface area contributed by atoms with Crippen LogP contribution in [-0.4, -0.2) is 33.2 Å². The Kier molecular flexibility index (Phi) is 6.51. The number of hydrogen-bond acceptors (Lipinski definition) is 3. The van der Waals surface area contributed by atoms with E-state index >= 15 is 0 Å². The van der Waals surface area contributed by atoms with E-state index in [1.165, 1.54) is 32.1 Å². The van der Waals surface area contributed by atoms with Gasteiger partial charge in [-0.1, -0.05) is 33.1 Å². The molecule has 2 saturated carbocycles. The van der Waals surface area contributed by atoms with Gasteiger partial charge in [-0.25, -0.2) is 0 Å². The minimum absolute atomic E-state index is 0.0160. The third-order valence-electron chi connectivity index (χ3n) is 5.91. The van der Waals surface area contributed by atoms with Gasteiger partial charge in [-0.3, -0.25) is 0 Å². The molecule has 3 rings (SSSR count). The molecule has 3 fully saturated rings. The Morgan fingerprint density at radius 3 is 2.43 bits per heavy atom. The molecule has 0 aromatic heterocycles. The van der Waals surface area contributed by atoms with Crippen LogP contribution < -0.4 is 0 Å². The van der Waals surface area contributed by atoms with Crippen LogP contribution in [0.25, 0.3) is 0 Å². The van der Waals surface area contributed by atoms with E-state index in [0.29, 0.717) is 23.9 Å². The largest absolute Gasteiger partial charge is 0.384 e. The molecule has 3 heteroatoms. The van der Waals surface area contributed by atoms with Crippen molar-refractivity contribution in [3.05, 3.63) is 0 Å². The minimum atomic E-state index is 0.0160. The molecule has 0 radical (unpaired) electrons. The summed E-state index contributed by atoms with van der Waals surface area (Å²) in [7, 11) is 3.63. The molecule has 2 aliphatic carbocycles. The lowest BCUT2D eigenvalue weighted by molar-refractivity contribution is -0.132. The molecule has 7 atom stereocenters. The SMILES string of the molecule is CC.COCC1C2CCCCC2CC2C(OC)OC(C)C21. The predicted octanol–water partition coefficient (Wildman–Crippen LogP) is 4.11. The molecular formula is C18H34O3. The molecule has 21 heavy (non-hydrogen) atoms. The van der Waals surface area contributed by atoms with E-state index in [0.717, 1.165) is 18.4 Å². The van der Waals surface area contributed by atoms with Gasteiger partial charge < -0.3 is 14.2 Å². The van der Waals surface area contributed by atoms with Crippen molar-refractivity contribution in [3.8, 4) is 0 Å². The summed E-state index contributed by atoms with van der Waals surface area (Å²) < 4.78 is 17.2. The van der Waals surface area contributed by atoms with Gasteiger partial charge in [0.25, 0.3) is 0 Å². The van der Waals surface area contributed by atoms with Gasteiger partial charge in [-0.2, -0.15) is 0 Å². The van der Waals surface area contributed by atoms with Crippen molar-refractivity contribution in [1.82, 2.24) is 0 Å². The zero-order chi connectivity index (χ0) is 15.4. The molecule has 0 aromatic carbocycles. The first-order valence-corrected chi connectivity index (χ1v) is 8.93. The van der Waals surface area contributed by atoms with E-state index in [1.54, 1.807) is 7.11 Å². The van der Waals surface area contributed by atoms with E-state index < -0.39 is 0 Å². The Morgan fingerprint density at radius 2 is 1.76 bits per heavy atom. The molecule has 1 saturated heterocycles. The van der Waals surface area contributed by atoms with Gasteiger partial charge in [0.1, 0.15) is 0 Å². The maximum atomic E-state index is 6.06. The lowest BCUT2D eigenvalue weighted by Gasteiger charge is -2.48. The predicted molar refractivity (Wildman–Crippen MR) is 85.1 cm³/mol. The van der Waals surface area contributed by atoms with Crippen LogP contribution >= 0.6 is 0 Å². The fraction of sp³-hybridized carbons (Fsp3) is 1.00. The minimum Gasteiger partial charge on any atom is -0.384 e. The van der Waals surface area contributed by atoms with E-state index in [9.17, 15) is 0 Å². The molecule has 7 unspecified atom stereocenters. The first kappa shape index (κ1) is 17.2. The lowest BCUT2D eigenvalue weighted by Crippen LogP contribution is -2.46. The Labute approximate surface area is 130 Å². The van der Waals surface area contributed by atoms with Crippen LogP contribution in [0.4, 0.5) is 0 Å². The maximum absolute atomic E-state index is 6.06. The average Bonchev–Trinajstić information content (AvgIpc) is 2.85. The molecule has 1 heterocycles. The van der Waals surface area contributed by atoms with Crippen molar-refractivity contribution in [2.45, 2.75) is 65.3 Å². The first-order valence-electron chi connectivity index (χ1n) is 8.93. The van der Waals surface area contributed by atoms with Crippen molar-refractivity contribution in [1.29, 1.82) is 0 Å². The van der Waals surface area contributed by atoms with Gasteiger partial charge >= 0.3 is 0 Å². The third-order valence-corrected chi connectivity index (χ3v) is 5.91. The molecule has 0 spiro atoms. The molecule has 124 valence electrons. The van der Waals surface area contributed by atoms with Gasteiger partial charge in [0.05, 0.1) is 6.10 Å². The molecule has 1 aliphatic heterocycles. The molecule has 0 amide bonds. The topological polar surface area (TPSA) is 27.7 Å². The molecular weight excluding hydrogens is 264 g/mol. The van der Waals surface area contributed by atoms with Crippen molar-refractivity contribution in [3.63, 3.8) is 0 Å². The van der Waals surface area contributed by atoms with Gasteiger partial charge in [-0.15, -0.1) is 0 Å². The zero-order valence-electron chi connectivity index (χ0n) is 14.5. The normalized spacial score (nSPS) is 45.3. The zero-order valence-corrected chi connectivity index (χ0v) is 14.5. The average molecular weight is 298 g/mol. The highest BCUT2D eigenvalue weighted by Crippen LogP contribution is 2.54. The summed E-state index contributed by atoms with van der Waals surface area (Å²) >= 11 is 0. The molecule has 0 N–H and O–H groups in total. The summed E-state index contributed by atoms with van der Waals surface area (Å²) in [6, 6.07) is 0. The van der Waals surface area contributed by atoms with Crippen molar-refractivity contribution < 1.29 is 14.2 Å². The fourth-order valence-electron chi connectivity index (χ4n) is 5.25. The number of hydrogen-bond donors (Lipinski definition) is 0. The summed E-state index contributed by atoms with van der Waals surface area (Å²) in [6.45, 7) is 7.12. The summed E-state index contributed by atoms with van der Waals surface area (Å²) in [5.74, 6) is 3.62. The van der Waals surface area contributed by atoms with Gasteiger partial charge in [-0.05, 0) is 43.4 Å². The van der Waals surface area contributed by atoms with Gasteiger partial charge in [0.2, 0.25) is 0 Å². The fourth-order valence-corrected chi connectivity index (χ4v) is 5.25. The Balaban J connectivity index is 0.000000774. The van der Waals surface area contributed by atoms with E-state index in [1.807, 2.05) is 21.0 Å².